The number of nitrogens with zero attached hydrogens (tertiary/aromatic N) is 2. The smallest absolute Gasteiger partial charge is 0.102 e. The molecule has 1 N–H and O–H groups in total. The van der Waals surface area contributed by atoms with Crippen molar-refractivity contribution < 1.29 is 0 Å². The van der Waals surface area contributed by atoms with Gasteiger partial charge in [-0.3, -0.25) is 10.1 Å². The molecule has 2 heterocycles. The van der Waals surface area contributed by atoms with Gasteiger partial charge in [0.25, 0.3) is 0 Å². The van der Waals surface area contributed by atoms with Gasteiger partial charge in [0.05, 0.1) is 5.52 Å². The summed E-state index contributed by atoms with van der Waals surface area (Å²) >= 11 is 0. The highest BCUT2D eigenvalue weighted by Crippen LogP contribution is 2.28. The van der Waals surface area contributed by atoms with Crippen LogP contribution in [0, 0.1) is 13.8 Å². The summed E-state index contributed by atoms with van der Waals surface area (Å²) < 4.78 is 0. The monoisotopic (exact) mass is 223 g/mol. The maximum atomic E-state index is 4.50. The minimum Gasteiger partial charge on any atom is -0.277 e. The molecule has 0 bridgehead atoms. The van der Waals surface area contributed by atoms with Gasteiger partial charge in [-0.15, -0.1) is 0 Å². The van der Waals surface area contributed by atoms with E-state index in [0.29, 0.717) is 0 Å². The molecular weight excluding hydrogens is 210 g/mol. The Hall–Kier alpha value is -2.16. The van der Waals surface area contributed by atoms with Crippen molar-refractivity contribution in [1.82, 2.24) is 15.2 Å². The average Bonchev–Trinajstić information content (AvgIpc) is 2.74. The summed E-state index contributed by atoms with van der Waals surface area (Å²) in [6.07, 6.45) is 0. The lowest BCUT2D eigenvalue weighted by atomic mass is 10.1. The number of pyridine rings is 1. The number of hydrogen-bond acceptors (Lipinski definition) is 2. The molecule has 0 aliphatic carbocycles. The van der Waals surface area contributed by atoms with Gasteiger partial charge in [0.1, 0.15) is 5.69 Å². The van der Waals surface area contributed by atoms with Crippen LogP contribution in [0.5, 0.6) is 0 Å². The number of hydrogen-bond donors (Lipinski definition) is 1. The number of nitrogens with one attached hydrogen (secondary N) is 1. The SMILES string of the molecule is Cc1cc2[nH]nc(-c3ccccc3)c2c(C)n1. The summed E-state index contributed by atoms with van der Waals surface area (Å²) in [6, 6.07) is 12.2. The van der Waals surface area contributed by atoms with Gasteiger partial charge in [0, 0.05) is 22.3 Å². The van der Waals surface area contributed by atoms with E-state index in [0.717, 1.165) is 33.5 Å². The second-order valence-corrected chi connectivity index (χ2v) is 4.21. The third-order valence-electron chi connectivity index (χ3n) is 2.90. The fourth-order valence-electron chi connectivity index (χ4n) is 2.19. The van der Waals surface area contributed by atoms with Crippen LogP contribution in [-0.2, 0) is 0 Å². The molecule has 0 fully saturated rings. The summed E-state index contributed by atoms with van der Waals surface area (Å²) in [4.78, 5) is 4.50. The molecule has 0 saturated heterocycles. The van der Waals surface area contributed by atoms with Crippen LogP contribution in [0.2, 0.25) is 0 Å². The van der Waals surface area contributed by atoms with Gasteiger partial charge in [0.2, 0.25) is 0 Å². The molecule has 3 aromatic rings. The molecule has 3 nitrogen and oxygen atoms in total. The minimum atomic E-state index is 0.977. The first-order valence-corrected chi connectivity index (χ1v) is 5.63. The topological polar surface area (TPSA) is 41.6 Å². The van der Waals surface area contributed by atoms with Crippen molar-refractivity contribution in [3.63, 3.8) is 0 Å². The summed E-state index contributed by atoms with van der Waals surface area (Å²) in [6.45, 7) is 4.02. The van der Waals surface area contributed by atoms with Crippen molar-refractivity contribution in [2.75, 3.05) is 0 Å². The fraction of sp³-hybridized carbons (Fsp3) is 0.143. The maximum absolute atomic E-state index is 4.50. The van der Waals surface area contributed by atoms with Crippen LogP contribution in [0.1, 0.15) is 11.4 Å². The number of H-pyrrole nitrogens is 1. The predicted molar refractivity (Wildman–Crippen MR) is 68.8 cm³/mol. The van der Waals surface area contributed by atoms with Gasteiger partial charge < -0.3 is 0 Å². The predicted octanol–water partition coefficient (Wildman–Crippen LogP) is 3.24. The van der Waals surface area contributed by atoms with E-state index in [-0.39, 0.29) is 0 Å². The molecule has 0 unspecified atom stereocenters. The third-order valence-corrected chi connectivity index (χ3v) is 2.90. The van der Waals surface area contributed by atoms with Crippen LogP contribution >= 0.6 is 0 Å². The normalized spacial score (nSPS) is 10.9. The zero-order valence-corrected chi connectivity index (χ0v) is 9.86. The highest BCUT2D eigenvalue weighted by molar-refractivity contribution is 5.94. The van der Waals surface area contributed by atoms with E-state index >= 15 is 0 Å². The Kier molecular flexibility index (Phi) is 2.18. The van der Waals surface area contributed by atoms with E-state index < -0.39 is 0 Å². The van der Waals surface area contributed by atoms with Crippen LogP contribution in [0.15, 0.2) is 36.4 Å². The van der Waals surface area contributed by atoms with Crippen LogP contribution < -0.4 is 0 Å². The highest BCUT2D eigenvalue weighted by Gasteiger charge is 2.11. The van der Waals surface area contributed by atoms with E-state index in [1.54, 1.807) is 0 Å². The average molecular weight is 223 g/mol. The van der Waals surface area contributed by atoms with Crippen LogP contribution in [0.3, 0.4) is 0 Å². The van der Waals surface area contributed by atoms with E-state index in [1.807, 2.05) is 38.1 Å². The molecule has 17 heavy (non-hydrogen) atoms. The minimum absolute atomic E-state index is 0.977. The Balaban J connectivity index is 2.32. The second-order valence-electron chi connectivity index (χ2n) is 4.21. The summed E-state index contributed by atoms with van der Waals surface area (Å²) in [7, 11) is 0. The first-order valence-electron chi connectivity index (χ1n) is 5.63. The Labute approximate surface area is 99.5 Å². The lowest BCUT2D eigenvalue weighted by molar-refractivity contribution is 1.12. The van der Waals surface area contributed by atoms with E-state index in [2.05, 4.69) is 27.3 Å². The molecule has 0 aliphatic heterocycles. The van der Waals surface area contributed by atoms with Gasteiger partial charge in [-0.25, -0.2) is 0 Å². The first kappa shape index (κ1) is 10.0. The molecular formula is C14H13N3. The zero-order valence-electron chi connectivity index (χ0n) is 9.86. The molecule has 3 rings (SSSR count). The molecule has 0 aliphatic rings. The van der Waals surface area contributed by atoms with Crippen molar-refractivity contribution in [2.45, 2.75) is 13.8 Å². The molecule has 0 spiro atoms. The zero-order chi connectivity index (χ0) is 11.8. The van der Waals surface area contributed by atoms with Gasteiger partial charge in [-0.1, -0.05) is 30.3 Å². The number of rotatable bonds is 1. The van der Waals surface area contributed by atoms with Gasteiger partial charge >= 0.3 is 0 Å². The van der Waals surface area contributed by atoms with Crippen LogP contribution in [0.25, 0.3) is 22.2 Å². The lowest BCUT2D eigenvalue weighted by Gasteiger charge is -2.01. The number of aromatic nitrogens is 3. The number of aromatic amines is 1. The van der Waals surface area contributed by atoms with Gasteiger partial charge in [-0.05, 0) is 19.9 Å². The van der Waals surface area contributed by atoms with E-state index in [1.165, 1.54) is 0 Å². The van der Waals surface area contributed by atoms with Crippen LogP contribution in [0.4, 0.5) is 0 Å². The fourth-order valence-corrected chi connectivity index (χ4v) is 2.19. The standard InChI is InChI=1S/C14H13N3/c1-9-8-12-13(10(2)15-9)14(17-16-12)11-6-4-3-5-7-11/h3-8H,1-2H3,(H,16,17). The molecule has 2 aromatic heterocycles. The molecule has 84 valence electrons. The maximum Gasteiger partial charge on any atom is 0.102 e. The molecule has 0 amide bonds. The first-order chi connectivity index (χ1) is 8.25. The van der Waals surface area contributed by atoms with Crippen LogP contribution in [-0.4, -0.2) is 15.2 Å². The Morgan fingerprint density at radius 3 is 2.59 bits per heavy atom. The van der Waals surface area contributed by atoms with Crippen molar-refractivity contribution in [2.24, 2.45) is 0 Å². The summed E-state index contributed by atoms with van der Waals surface area (Å²) in [5.41, 5.74) is 5.18. The van der Waals surface area contributed by atoms with Crippen molar-refractivity contribution in [1.29, 1.82) is 0 Å². The highest BCUT2D eigenvalue weighted by atomic mass is 15.1. The van der Waals surface area contributed by atoms with Gasteiger partial charge in [0.15, 0.2) is 0 Å². The summed E-state index contributed by atoms with van der Waals surface area (Å²) in [5, 5.41) is 8.59. The largest absolute Gasteiger partial charge is 0.277 e. The molecule has 0 radical (unpaired) electrons. The number of aryl methyl sites for hydroxylation is 2. The number of benzene rings is 1. The van der Waals surface area contributed by atoms with Gasteiger partial charge in [-0.2, -0.15) is 5.10 Å². The number of fused-ring (bicyclic) bond motifs is 1. The Morgan fingerprint density at radius 2 is 1.82 bits per heavy atom. The van der Waals surface area contributed by atoms with E-state index in [4.69, 9.17) is 0 Å². The Bertz CT molecular complexity index is 669. The Morgan fingerprint density at radius 1 is 1.06 bits per heavy atom. The second kappa shape index (κ2) is 3.70. The van der Waals surface area contributed by atoms with Crippen molar-refractivity contribution in [3.8, 4) is 11.3 Å². The van der Waals surface area contributed by atoms with Crippen molar-refractivity contribution in [3.05, 3.63) is 47.8 Å². The quantitative estimate of drug-likeness (QED) is 0.688. The van der Waals surface area contributed by atoms with Crippen molar-refractivity contribution >= 4 is 10.9 Å². The molecule has 1 aromatic carbocycles. The summed E-state index contributed by atoms with van der Waals surface area (Å²) in [5.74, 6) is 0. The third kappa shape index (κ3) is 1.60. The van der Waals surface area contributed by atoms with E-state index in [9.17, 15) is 0 Å². The molecule has 0 atom stereocenters. The lowest BCUT2D eigenvalue weighted by Crippen LogP contribution is -1.87. The molecule has 0 saturated carbocycles. The molecule has 3 heteroatoms.